The molecule has 0 radical (unpaired) electrons. The summed E-state index contributed by atoms with van der Waals surface area (Å²) in [6, 6.07) is 9.20. The Bertz CT molecular complexity index is 1250. The van der Waals surface area contributed by atoms with Crippen LogP contribution in [-0.4, -0.2) is 54.0 Å². The average Bonchev–Trinajstić information content (AvgIpc) is 3.28. The van der Waals surface area contributed by atoms with Gasteiger partial charge in [-0.2, -0.15) is 4.31 Å². The van der Waals surface area contributed by atoms with Gasteiger partial charge in [-0.25, -0.2) is 8.42 Å². The first-order valence-corrected chi connectivity index (χ1v) is 12.8. The Kier molecular flexibility index (Phi) is 6.64. The van der Waals surface area contributed by atoms with Crippen molar-refractivity contribution in [1.82, 2.24) is 19.4 Å². The molecule has 9 heteroatoms. The quantitative estimate of drug-likeness (QED) is 0.518. The summed E-state index contributed by atoms with van der Waals surface area (Å²) in [5.41, 5.74) is 4.41. The smallest absolute Gasteiger partial charge is 0.247 e. The topological polar surface area (TPSA) is 79.5 Å². The lowest BCUT2D eigenvalue weighted by molar-refractivity contribution is 0.129. The van der Waals surface area contributed by atoms with Crippen LogP contribution in [-0.2, 0) is 10.0 Å². The molecule has 0 amide bonds. The minimum Gasteiger partial charge on any atom is -0.419 e. The van der Waals surface area contributed by atoms with Crippen molar-refractivity contribution in [1.29, 1.82) is 0 Å². The molecular formula is C24H29ClN4O3S. The summed E-state index contributed by atoms with van der Waals surface area (Å²) in [6.45, 7) is 11.7. The molecule has 7 nitrogen and oxygen atoms in total. The fourth-order valence-electron chi connectivity index (χ4n) is 4.33. The molecule has 2 aromatic carbocycles. The Hall–Kier alpha value is -2.26. The van der Waals surface area contributed by atoms with Crippen LogP contribution in [0.1, 0.15) is 41.1 Å². The summed E-state index contributed by atoms with van der Waals surface area (Å²) < 4.78 is 34.5. The molecule has 1 fully saturated rings. The standard InChI is InChI=1S/C24H29ClN4O3S/c1-15-13-16(2)18(4)22(17(15)3)33(30,31)29-11-9-28(10-12-29)19(5)23-26-27-24(32-23)20-7-6-8-21(25)14-20/h6-8,13-14,19H,9-12H2,1-5H3. The van der Waals surface area contributed by atoms with Crippen molar-refractivity contribution in [2.24, 2.45) is 0 Å². The predicted octanol–water partition coefficient (Wildman–Crippen LogP) is 4.69. The minimum absolute atomic E-state index is 0.125. The first-order valence-electron chi connectivity index (χ1n) is 11.0. The van der Waals surface area contributed by atoms with Crippen LogP contribution in [0.2, 0.25) is 5.02 Å². The van der Waals surface area contributed by atoms with Crippen molar-refractivity contribution in [3.8, 4) is 11.5 Å². The number of hydrogen-bond donors (Lipinski definition) is 0. The van der Waals surface area contributed by atoms with E-state index in [2.05, 4.69) is 15.1 Å². The molecule has 2 heterocycles. The molecule has 0 N–H and O–H groups in total. The van der Waals surface area contributed by atoms with Crippen molar-refractivity contribution >= 4 is 21.6 Å². The maximum absolute atomic E-state index is 13.5. The van der Waals surface area contributed by atoms with Gasteiger partial charge in [0.2, 0.25) is 21.8 Å². The van der Waals surface area contributed by atoms with Gasteiger partial charge in [0.25, 0.3) is 0 Å². The van der Waals surface area contributed by atoms with Gasteiger partial charge in [-0.15, -0.1) is 10.2 Å². The van der Waals surface area contributed by atoms with Crippen LogP contribution < -0.4 is 0 Å². The third-order valence-corrected chi connectivity index (χ3v) is 8.99. The van der Waals surface area contributed by atoms with Crippen LogP contribution >= 0.6 is 11.6 Å². The lowest BCUT2D eigenvalue weighted by atomic mass is 10.0. The van der Waals surface area contributed by atoms with Crippen molar-refractivity contribution in [2.45, 2.75) is 45.6 Å². The highest BCUT2D eigenvalue weighted by Crippen LogP contribution is 2.31. The third kappa shape index (κ3) is 4.57. The molecule has 1 unspecified atom stereocenters. The lowest BCUT2D eigenvalue weighted by Crippen LogP contribution is -2.49. The maximum atomic E-state index is 13.5. The van der Waals surface area contributed by atoms with Crippen LogP contribution in [0.3, 0.4) is 0 Å². The molecule has 1 aromatic heterocycles. The first kappa shape index (κ1) is 23.9. The normalized spacial score (nSPS) is 16.8. The number of rotatable bonds is 5. The van der Waals surface area contributed by atoms with Gasteiger partial charge >= 0.3 is 0 Å². The molecule has 1 aliphatic rings. The van der Waals surface area contributed by atoms with E-state index in [0.717, 1.165) is 27.8 Å². The number of sulfonamides is 1. The summed E-state index contributed by atoms with van der Waals surface area (Å²) in [4.78, 5) is 2.62. The number of aryl methyl sites for hydroxylation is 2. The van der Waals surface area contributed by atoms with E-state index >= 15 is 0 Å². The fourth-order valence-corrected chi connectivity index (χ4v) is 6.51. The predicted molar refractivity (Wildman–Crippen MR) is 129 cm³/mol. The van der Waals surface area contributed by atoms with Gasteiger partial charge in [-0.3, -0.25) is 4.90 Å². The molecule has 0 saturated carbocycles. The van der Waals surface area contributed by atoms with Crippen molar-refractivity contribution < 1.29 is 12.8 Å². The second-order valence-corrected chi connectivity index (χ2v) is 11.0. The average molecular weight is 489 g/mol. The molecule has 33 heavy (non-hydrogen) atoms. The zero-order valence-electron chi connectivity index (χ0n) is 19.6. The molecule has 1 aliphatic heterocycles. The van der Waals surface area contributed by atoms with E-state index in [4.69, 9.17) is 16.0 Å². The van der Waals surface area contributed by atoms with Gasteiger partial charge in [0.05, 0.1) is 10.9 Å². The molecule has 0 aliphatic carbocycles. The molecule has 1 saturated heterocycles. The highest BCUT2D eigenvalue weighted by molar-refractivity contribution is 7.89. The van der Waals surface area contributed by atoms with Crippen LogP contribution in [0.15, 0.2) is 39.6 Å². The van der Waals surface area contributed by atoms with Gasteiger partial charge in [0.1, 0.15) is 0 Å². The van der Waals surface area contributed by atoms with Crippen molar-refractivity contribution in [3.05, 3.63) is 63.5 Å². The fraction of sp³-hybridized carbons (Fsp3) is 0.417. The monoisotopic (exact) mass is 488 g/mol. The lowest BCUT2D eigenvalue weighted by Gasteiger charge is -2.36. The summed E-state index contributed by atoms with van der Waals surface area (Å²) in [7, 11) is -3.58. The molecule has 0 spiro atoms. The van der Waals surface area contributed by atoms with E-state index in [9.17, 15) is 8.42 Å². The molecule has 0 bridgehead atoms. The van der Waals surface area contributed by atoms with E-state index in [1.165, 1.54) is 0 Å². The number of aromatic nitrogens is 2. The first-order chi connectivity index (χ1) is 15.6. The summed E-state index contributed by atoms with van der Waals surface area (Å²) in [5.74, 6) is 0.920. The van der Waals surface area contributed by atoms with Crippen molar-refractivity contribution in [2.75, 3.05) is 26.2 Å². The Morgan fingerprint density at radius 2 is 1.61 bits per heavy atom. The number of hydrogen-bond acceptors (Lipinski definition) is 6. The number of halogens is 1. The molecule has 176 valence electrons. The van der Waals surface area contributed by atoms with Gasteiger partial charge in [0, 0.05) is 36.8 Å². The van der Waals surface area contributed by atoms with E-state index in [1.54, 1.807) is 16.4 Å². The van der Waals surface area contributed by atoms with Crippen LogP contribution in [0.5, 0.6) is 0 Å². The minimum atomic E-state index is -3.58. The third-order valence-electron chi connectivity index (χ3n) is 6.59. The molecule has 1 atom stereocenters. The number of nitrogens with zero attached hydrogens (tertiary/aromatic N) is 4. The van der Waals surface area contributed by atoms with Gasteiger partial charge < -0.3 is 4.42 Å². The summed E-state index contributed by atoms with van der Waals surface area (Å²) >= 11 is 6.07. The number of benzene rings is 2. The highest BCUT2D eigenvalue weighted by Gasteiger charge is 2.34. The van der Waals surface area contributed by atoms with E-state index < -0.39 is 10.0 Å². The number of piperazine rings is 1. The zero-order chi connectivity index (χ0) is 23.9. The Morgan fingerprint density at radius 3 is 2.21 bits per heavy atom. The van der Waals surface area contributed by atoms with E-state index in [0.29, 0.717) is 47.9 Å². The van der Waals surface area contributed by atoms with E-state index in [-0.39, 0.29) is 6.04 Å². The maximum Gasteiger partial charge on any atom is 0.247 e. The van der Waals surface area contributed by atoms with Crippen molar-refractivity contribution in [3.63, 3.8) is 0 Å². The molecular weight excluding hydrogens is 460 g/mol. The van der Waals surface area contributed by atoms with Gasteiger partial charge in [-0.1, -0.05) is 23.7 Å². The Morgan fingerprint density at radius 1 is 0.970 bits per heavy atom. The Labute approximate surface area is 200 Å². The summed E-state index contributed by atoms with van der Waals surface area (Å²) in [6.07, 6.45) is 0. The largest absolute Gasteiger partial charge is 0.419 e. The van der Waals surface area contributed by atoms with Crippen LogP contribution in [0, 0.1) is 27.7 Å². The molecule has 4 rings (SSSR count). The van der Waals surface area contributed by atoms with Gasteiger partial charge in [-0.05, 0) is 75.1 Å². The molecule has 3 aromatic rings. The summed E-state index contributed by atoms with van der Waals surface area (Å²) in [5, 5.41) is 8.99. The Balaban J connectivity index is 1.48. The van der Waals surface area contributed by atoms with E-state index in [1.807, 2.05) is 52.8 Å². The zero-order valence-corrected chi connectivity index (χ0v) is 21.2. The van der Waals surface area contributed by atoms with Crippen LogP contribution in [0.4, 0.5) is 0 Å². The second kappa shape index (κ2) is 9.18. The second-order valence-electron chi connectivity index (χ2n) is 8.66. The SMILES string of the molecule is Cc1cc(C)c(C)c(S(=O)(=O)N2CCN(C(C)c3nnc(-c4cccc(Cl)c4)o3)CC2)c1C. The highest BCUT2D eigenvalue weighted by atomic mass is 35.5. The van der Waals surface area contributed by atoms with Crippen LogP contribution in [0.25, 0.3) is 11.5 Å². The van der Waals surface area contributed by atoms with Gasteiger partial charge in [0.15, 0.2) is 0 Å².